The normalized spacial score (nSPS) is 14.6. The largest absolute Gasteiger partial charge is 0.756 e. The van der Waals surface area contributed by atoms with Crippen LogP contribution < -0.4 is 10.2 Å². The van der Waals surface area contributed by atoms with Gasteiger partial charge in [-0.05, 0) is 44.9 Å². The third-order valence-electron chi connectivity index (χ3n) is 9.91. The molecule has 9 heteroatoms. The summed E-state index contributed by atoms with van der Waals surface area (Å²) >= 11 is 0. The van der Waals surface area contributed by atoms with Crippen molar-refractivity contribution in [2.75, 3.05) is 40.9 Å². The molecule has 0 rings (SSSR count). The molecule has 0 spiro atoms. The van der Waals surface area contributed by atoms with Crippen LogP contribution in [0.15, 0.2) is 24.3 Å². The molecule has 0 aliphatic carbocycles. The third kappa shape index (κ3) is 39.0. The Morgan fingerprint density at radius 1 is 0.642 bits per heavy atom. The third-order valence-corrected chi connectivity index (χ3v) is 10.9. The molecule has 0 radical (unpaired) electrons. The Morgan fingerprint density at radius 2 is 1.04 bits per heavy atom. The van der Waals surface area contributed by atoms with Gasteiger partial charge in [0.05, 0.1) is 39.9 Å². The molecule has 0 bridgehead atoms. The van der Waals surface area contributed by atoms with Gasteiger partial charge in [-0.25, -0.2) is 0 Å². The number of phosphoric acid groups is 1. The van der Waals surface area contributed by atoms with Crippen molar-refractivity contribution in [1.82, 2.24) is 5.32 Å². The highest BCUT2D eigenvalue weighted by molar-refractivity contribution is 7.45. The van der Waals surface area contributed by atoms with Crippen LogP contribution in [0, 0.1) is 0 Å². The van der Waals surface area contributed by atoms with Crippen molar-refractivity contribution < 1.29 is 32.9 Å². The van der Waals surface area contributed by atoms with Gasteiger partial charge in [-0.2, -0.15) is 0 Å². The fourth-order valence-corrected chi connectivity index (χ4v) is 7.05. The number of amides is 1. The topological polar surface area (TPSA) is 108 Å². The highest BCUT2D eigenvalue weighted by atomic mass is 31.2. The molecule has 0 aromatic heterocycles. The minimum absolute atomic E-state index is 0.00156. The summed E-state index contributed by atoms with van der Waals surface area (Å²) in [6.07, 6.45) is 42.1. The zero-order chi connectivity index (χ0) is 39.3. The molecule has 2 N–H and O–H groups in total. The van der Waals surface area contributed by atoms with Crippen molar-refractivity contribution in [2.24, 2.45) is 0 Å². The van der Waals surface area contributed by atoms with E-state index in [0.29, 0.717) is 17.4 Å². The predicted molar refractivity (Wildman–Crippen MR) is 224 cm³/mol. The summed E-state index contributed by atoms with van der Waals surface area (Å²) in [5, 5.41) is 13.8. The van der Waals surface area contributed by atoms with E-state index in [9.17, 15) is 19.4 Å². The number of unbranched alkanes of at least 4 members (excludes halogenated alkanes) is 25. The first kappa shape index (κ1) is 52.0. The van der Waals surface area contributed by atoms with Crippen LogP contribution in [-0.2, 0) is 18.4 Å². The molecular formula is C44H87N2O6P. The highest BCUT2D eigenvalue weighted by Crippen LogP contribution is 2.38. The van der Waals surface area contributed by atoms with Crippen molar-refractivity contribution >= 4 is 13.7 Å². The number of rotatable bonds is 40. The van der Waals surface area contributed by atoms with Crippen molar-refractivity contribution in [3.8, 4) is 0 Å². The number of quaternary nitrogens is 1. The van der Waals surface area contributed by atoms with Crippen LogP contribution in [0.25, 0.3) is 0 Å². The summed E-state index contributed by atoms with van der Waals surface area (Å²) in [6.45, 7) is 4.64. The van der Waals surface area contributed by atoms with Crippen molar-refractivity contribution in [2.45, 2.75) is 212 Å². The lowest BCUT2D eigenvalue weighted by molar-refractivity contribution is -0.870. The second kappa shape index (κ2) is 36.6. The van der Waals surface area contributed by atoms with Gasteiger partial charge in [0.15, 0.2) is 0 Å². The Bertz CT molecular complexity index is 922. The van der Waals surface area contributed by atoms with Gasteiger partial charge in [-0.3, -0.25) is 9.36 Å². The highest BCUT2D eigenvalue weighted by Gasteiger charge is 2.23. The standard InChI is InChI=1S/C44H87N2O6P/c1-6-8-10-12-14-16-18-20-22-24-26-28-30-32-34-36-38-44(48)45-42(41-52-53(49,50)51-40-39-46(3,4)5)43(47)37-35-33-31-29-27-25-23-21-19-17-15-13-11-9-7-2/h22,24,35,37,42-43,47H,6-21,23,25-34,36,38-41H2,1-5H3,(H-,45,48,49,50)/b24-22-,37-35+. The Balaban J connectivity index is 4.44. The Kier molecular flexibility index (Phi) is 35.9. The quantitative estimate of drug-likeness (QED) is 0.0278. The molecule has 3 unspecified atom stereocenters. The fourth-order valence-electron chi connectivity index (χ4n) is 6.32. The number of hydrogen-bond donors (Lipinski definition) is 2. The number of carbonyl (C=O) groups is 1. The lowest BCUT2D eigenvalue weighted by Crippen LogP contribution is -2.45. The number of aliphatic hydroxyl groups is 1. The number of phosphoric ester groups is 1. The molecule has 0 aromatic rings. The van der Waals surface area contributed by atoms with Gasteiger partial charge in [0.25, 0.3) is 7.82 Å². The molecule has 0 saturated heterocycles. The number of likely N-dealkylation sites (N-methyl/N-ethyl adjacent to an activating group) is 1. The van der Waals surface area contributed by atoms with Crippen molar-refractivity contribution in [3.63, 3.8) is 0 Å². The number of aliphatic hydroxyl groups excluding tert-OH is 1. The number of nitrogens with zero attached hydrogens (tertiary/aromatic N) is 1. The first-order chi connectivity index (χ1) is 25.5. The zero-order valence-corrected chi connectivity index (χ0v) is 36.4. The molecule has 0 aliphatic heterocycles. The molecular weight excluding hydrogens is 683 g/mol. The predicted octanol–water partition coefficient (Wildman–Crippen LogP) is 11.5. The van der Waals surface area contributed by atoms with Gasteiger partial charge in [-0.1, -0.05) is 173 Å². The van der Waals surface area contributed by atoms with E-state index in [-0.39, 0.29) is 19.1 Å². The maximum absolute atomic E-state index is 12.8. The van der Waals surface area contributed by atoms with Gasteiger partial charge < -0.3 is 28.8 Å². The smallest absolute Gasteiger partial charge is 0.268 e. The molecule has 0 aliphatic rings. The molecule has 0 heterocycles. The number of hydrogen-bond acceptors (Lipinski definition) is 6. The van der Waals surface area contributed by atoms with Crippen LogP contribution in [0.5, 0.6) is 0 Å². The van der Waals surface area contributed by atoms with E-state index in [1.165, 1.54) is 128 Å². The summed E-state index contributed by atoms with van der Waals surface area (Å²) in [6, 6.07) is -0.887. The minimum Gasteiger partial charge on any atom is -0.756 e. The van der Waals surface area contributed by atoms with E-state index >= 15 is 0 Å². The minimum atomic E-state index is -4.58. The van der Waals surface area contributed by atoms with E-state index in [2.05, 4.69) is 31.3 Å². The molecule has 8 nitrogen and oxygen atoms in total. The second-order valence-corrected chi connectivity index (χ2v) is 17.8. The maximum Gasteiger partial charge on any atom is 0.268 e. The van der Waals surface area contributed by atoms with Crippen molar-refractivity contribution in [1.29, 1.82) is 0 Å². The summed E-state index contributed by atoms with van der Waals surface area (Å²) < 4.78 is 23.2. The monoisotopic (exact) mass is 771 g/mol. The summed E-state index contributed by atoms with van der Waals surface area (Å²) in [4.78, 5) is 25.3. The Labute approximate surface area is 328 Å². The van der Waals surface area contributed by atoms with Gasteiger partial charge >= 0.3 is 0 Å². The molecule has 314 valence electrons. The summed E-state index contributed by atoms with van der Waals surface area (Å²) in [5.74, 6) is -0.206. The van der Waals surface area contributed by atoms with Crippen LogP contribution in [0.3, 0.4) is 0 Å². The molecule has 3 atom stereocenters. The lowest BCUT2D eigenvalue weighted by atomic mass is 10.0. The van der Waals surface area contributed by atoms with E-state index in [1.807, 2.05) is 27.2 Å². The van der Waals surface area contributed by atoms with Crippen LogP contribution in [0.2, 0.25) is 0 Å². The number of nitrogens with one attached hydrogen (secondary N) is 1. The van der Waals surface area contributed by atoms with E-state index in [4.69, 9.17) is 9.05 Å². The molecule has 0 aromatic carbocycles. The summed E-state index contributed by atoms with van der Waals surface area (Å²) in [7, 11) is 1.26. The molecule has 0 saturated carbocycles. The molecule has 53 heavy (non-hydrogen) atoms. The van der Waals surface area contributed by atoms with Gasteiger partial charge in [0.1, 0.15) is 13.2 Å². The van der Waals surface area contributed by atoms with E-state index in [1.54, 1.807) is 6.08 Å². The Hall–Kier alpha value is -1.02. The van der Waals surface area contributed by atoms with E-state index in [0.717, 1.165) is 51.4 Å². The molecule has 1 amide bonds. The fraction of sp³-hybridized carbons (Fsp3) is 0.886. The number of allylic oxidation sites excluding steroid dienone is 3. The van der Waals surface area contributed by atoms with Crippen LogP contribution in [0.4, 0.5) is 0 Å². The second-order valence-electron chi connectivity index (χ2n) is 16.4. The first-order valence-corrected chi connectivity index (χ1v) is 23.7. The maximum atomic E-state index is 12.8. The van der Waals surface area contributed by atoms with Crippen LogP contribution in [-0.4, -0.2) is 68.5 Å². The number of carbonyl (C=O) groups excluding carboxylic acids is 1. The zero-order valence-electron chi connectivity index (χ0n) is 35.5. The van der Waals surface area contributed by atoms with Crippen LogP contribution >= 0.6 is 7.82 Å². The average Bonchev–Trinajstić information content (AvgIpc) is 3.10. The van der Waals surface area contributed by atoms with Gasteiger partial charge in [0, 0.05) is 6.42 Å². The van der Waals surface area contributed by atoms with Crippen molar-refractivity contribution in [3.05, 3.63) is 24.3 Å². The summed E-state index contributed by atoms with van der Waals surface area (Å²) in [5.41, 5.74) is 0. The Morgan fingerprint density at radius 3 is 1.47 bits per heavy atom. The van der Waals surface area contributed by atoms with E-state index < -0.39 is 20.0 Å². The van der Waals surface area contributed by atoms with Gasteiger partial charge in [-0.15, -0.1) is 0 Å². The SMILES string of the molecule is CCCCCCCCC/C=C\CCCCCCCC(=O)NC(COP(=O)([O-])OCC[N+](C)(C)C)C(O)/C=C/CCCCCCCCCCCCCCC. The first-order valence-electron chi connectivity index (χ1n) is 22.2. The van der Waals surface area contributed by atoms with Crippen LogP contribution in [0.1, 0.15) is 200 Å². The lowest BCUT2D eigenvalue weighted by Gasteiger charge is -2.29. The molecule has 0 fully saturated rings. The average molecular weight is 771 g/mol. The van der Waals surface area contributed by atoms with Gasteiger partial charge in [0.2, 0.25) is 5.91 Å².